The number of para-hydroxylation sites is 1. The lowest BCUT2D eigenvalue weighted by molar-refractivity contribution is 0.0501. The SMILES string of the molecule is CCCCOC(=O)c1ccccc1NC(=O)NCC1CCCC1. The molecule has 1 aromatic carbocycles. The Kier molecular flexibility index (Phi) is 6.91. The number of esters is 1. The number of ether oxygens (including phenoxy) is 1. The van der Waals surface area contributed by atoms with Crippen molar-refractivity contribution < 1.29 is 14.3 Å². The second-order valence-electron chi connectivity index (χ2n) is 6.02. The van der Waals surface area contributed by atoms with Crippen molar-refractivity contribution in [2.24, 2.45) is 5.92 Å². The van der Waals surface area contributed by atoms with E-state index in [2.05, 4.69) is 10.6 Å². The van der Waals surface area contributed by atoms with Crippen molar-refractivity contribution in [1.82, 2.24) is 5.32 Å². The van der Waals surface area contributed by atoms with Crippen LogP contribution in [0.15, 0.2) is 24.3 Å². The molecule has 5 nitrogen and oxygen atoms in total. The number of urea groups is 1. The van der Waals surface area contributed by atoms with E-state index in [0.29, 0.717) is 30.3 Å². The Morgan fingerprint density at radius 2 is 1.96 bits per heavy atom. The van der Waals surface area contributed by atoms with Crippen LogP contribution >= 0.6 is 0 Å². The fraction of sp³-hybridized carbons (Fsp3) is 0.556. The van der Waals surface area contributed by atoms with E-state index in [4.69, 9.17) is 4.74 Å². The van der Waals surface area contributed by atoms with Crippen LogP contribution in [0.4, 0.5) is 10.5 Å². The van der Waals surface area contributed by atoms with Gasteiger partial charge in [-0.15, -0.1) is 0 Å². The Labute approximate surface area is 137 Å². The van der Waals surface area contributed by atoms with E-state index in [1.807, 2.05) is 6.92 Å². The number of benzene rings is 1. The molecule has 0 saturated heterocycles. The van der Waals surface area contributed by atoms with E-state index in [1.165, 1.54) is 25.7 Å². The molecule has 0 bridgehead atoms. The van der Waals surface area contributed by atoms with Gasteiger partial charge in [0.1, 0.15) is 0 Å². The van der Waals surface area contributed by atoms with Gasteiger partial charge in [-0.3, -0.25) is 0 Å². The largest absolute Gasteiger partial charge is 0.462 e. The van der Waals surface area contributed by atoms with E-state index < -0.39 is 5.97 Å². The maximum absolute atomic E-state index is 12.1. The fourth-order valence-electron chi connectivity index (χ4n) is 2.78. The van der Waals surface area contributed by atoms with Crippen molar-refractivity contribution >= 4 is 17.7 Å². The molecule has 1 aliphatic rings. The molecular weight excluding hydrogens is 292 g/mol. The van der Waals surface area contributed by atoms with Gasteiger partial charge in [-0.05, 0) is 37.3 Å². The van der Waals surface area contributed by atoms with Crippen LogP contribution in [0.3, 0.4) is 0 Å². The Morgan fingerprint density at radius 3 is 2.70 bits per heavy atom. The maximum Gasteiger partial charge on any atom is 0.340 e. The normalized spacial score (nSPS) is 14.5. The van der Waals surface area contributed by atoms with Gasteiger partial charge in [0.05, 0.1) is 17.9 Å². The van der Waals surface area contributed by atoms with Crippen molar-refractivity contribution in [3.63, 3.8) is 0 Å². The summed E-state index contributed by atoms with van der Waals surface area (Å²) in [4.78, 5) is 24.1. The number of carbonyl (C=O) groups is 2. The second kappa shape index (κ2) is 9.18. The molecule has 0 atom stereocenters. The van der Waals surface area contributed by atoms with Gasteiger partial charge in [0, 0.05) is 6.54 Å². The lowest BCUT2D eigenvalue weighted by Crippen LogP contribution is -2.33. The number of hydrogen-bond acceptors (Lipinski definition) is 3. The summed E-state index contributed by atoms with van der Waals surface area (Å²) < 4.78 is 5.22. The van der Waals surface area contributed by atoms with Gasteiger partial charge in [-0.25, -0.2) is 9.59 Å². The van der Waals surface area contributed by atoms with Gasteiger partial charge >= 0.3 is 12.0 Å². The number of rotatable bonds is 7. The minimum atomic E-state index is -0.398. The number of nitrogens with one attached hydrogen (secondary N) is 2. The summed E-state index contributed by atoms with van der Waals surface area (Å²) in [6.07, 6.45) is 6.67. The van der Waals surface area contributed by atoms with Crippen molar-refractivity contribution in [2.45, 2.75) is 45.4 Å². The molecule has 0 spiro atoms. The molecule has 2 N–H and O–H groups in total. The summed E-state index contributed by atoms with van der Waals surface area (Å²) in [5, 5.41) is 5.64. The Hall–Kier alpha value is -2.04. The van der Waals surface area contributed by atoms with Gasteiger partial charge < -0.3 is 15.4 Å². The molecule has 1 fully saturated rings. The van der Waals surface area contributed by atoms with Gasteiger partial charge in [0.25, 0.3) is 0 Å². The number of anilines is 1. The Balaban J connectivity index is 1.88. The first kappa shape index (κ1) is 17.3. The maximum atomic E-state index is 12.1. The summed E-state index contributed by atoms with van der Waals surface area (Å²) in [6, 6.07) is 6.66. The summed E-state index contributed by atoms with van der Waals surface area (Å²) in [5.41, 5.74) is 0.873. The van der Waals surface area contributed by atoms with Gasteiger partial charge in [0.2, 0.25) is 0 Å². The van der Waals surface area contributed by atoms with Crippen LogP contribution in [0.25, 0.3) is 0 Å². The average molecular weight is 318 g/mol. The summed E-state index contributed by atoms with van der Waals surface area (Å²) in [6.45, 7) is 3.13. The first-order valence-corrected chi connectivity index (χ1v) is 8.51. The van der Waals surface area contributed by atoms with Crippen LogP contribution in [-0.2, 0) is 4.74 Å². The highest BCUT2D eigenvalue weighted by Gasteiger charge is 2.17. The molecule has 2 amide bonds. The molecule has 1 saturated carbocycles. The lowest BCUT2D eigenvalue weighted by Gasteiger charge is -2.13. The molecule has 5 heteroatoms. The van der Waals surface area contributed by atoms with Crippen molar-refractivity contribution in [3.8, 4) is 0 Å². The minimum Gasteiger partial charge on any atom is -0.462 e. The zero-order valence-corrected chi connectivity index (χ0v) is 13.8. The van der Waals surface area contributed by atoms with Crippen LogP contribution in [0.2, 0.25) is 0 Å². The molecular formula is C18H26N2O3. The van der Waals surface area contributed by atoms with Crippen molar-refractivity contribution in [2.75, 3.05) is 18.5 Å². The highest BCUT2D eigenvalue weighted by atomic mass is 16.5. The number of amides is 2. The molecule has 126 valence electrons. The molecule has 0 radical (unpaired) electrons. The zero-order valence-electron chi connectivity index (χ0n) is 13.8. The number of carbonyl (C=O) groups excluding carboxylic acids is 2. The first-order chi connectivity index (χ1) is 11.2. The van der Waals surface area contributed by atoms with Gasteiger partial charge in [0.15, 0.2) is 0 Å². The highest BCUT2D eigenvalue weighted by Crippen LogP contribution is 2.23. The molecule has 2 rings (SSSR count). The molecule has 1 aliphatic carbocycles. The Bertz CT molecular complexity index is 525. The lowest BCUT2D eigenvalue weighted by atomic mass is 10.1. The summed E-state index contributed by atoms with van der Waals surface area (Å²) in [7, 11) is 0. The van der Waals surface area contributed by atoms with E-state index in [-0.39, 0.29) is 6.03 Å². The molecule has 0 heterocycles. The smallest absolute Gasteiger partial charge is 0.340 e. The van der Waals surface area contributed by atoms with Crippen molar-refractivity contribution in [1.29, 1.82) is 0 Å². The topological polar surface area (TPSA) is 67.4 Å². The number of hydrogen-bond donors (Lipinski definition) is 2. The van der Waals surface area contributed by atoms with E-state index in [9.17, 15) is 9.59 Å². The van der Waals surface area contributed by atoms with Gasteiger partial charge in [-0.2, -0.15) is 0 Å². The third kappa shape index (κ3) is 5.58. The molecule has 23 heavy (non-hydrogen) atoms. The van der Waals surface area contributed by atoms with Crippen molar-refractivity contribution in [3.05, 3.63) is 29.8 Å². The van der Waals surface area contributed by atoms with Crippen LogP contribution in [0.5, 0.6) is 0 Å². The predicted molar refractivity (Wildman–Crippen MR) is 90.6 cm³/mol. The van der Waals surface area contributed by atoms with Crippen LogP contribution < -0.4 is 10.6 Å². The van der Waals surface area contributed by atoms with Crippen LogP contribution in [0.1, 0.15) is 55.8 Å². The first-order valence-electron chi connectivity index (χ1n) is 8.51. The van der Waals surface area contributed by atoms with Gasteiger partial charge in [-0.1, -0.05) is 38.3 Å². The monoisotopic (exact) mass is 318 g/mol. The average Bonchev–Trinajstić information content (AvgIpc) is 3.07. The highest BCUT2D eigenvalue weighted by molar-refractivity contribution is 6.00. The molecule has 0 aromatic heterocycles. The summed E-state index contributed by atoms with van der Waals surface area (Å²) >= 11 is 0. The third-order valence-electron chi connectivity index (χ3n) is 4.15. The van der Waals surface area contributed by atoms with Crippen LogP contribution in [0, 0.1) is 5.92 Å². The number of unbranched alkanes of at least 4 members (excludes halogenated alkanes) is 1. The summed E-state index contributed by atoms with van der Waals surface area (Å²) in [5.74, 6) is 0.181. The minimum absolute atomic E-state index is 0.272. The third-order valence-corrected chi connectivity index (χ3v) is 4.15. The second-order valence-corrected chi connectivity index (χ2v) is 6.02. The molecule has 0 aliphatic heterocycles. The predicted octanol–water partition coefficient (Wildman–Crippen LogP) is 3.96. The molecule has 1 aromatic rings. The fourth-order valence-corrected chi connectivity index (χ4v) is 2.78. The van der Waals surface area contributed by atoms with E-state index >= 15 is 0 Å². The molecule has 0 unspecified atom stereocenters. The quantitative estimate of drug-likeness (QED) is 0.591. The van der Waals surface area contributed by atoms with E-state index in [1.54, 1.807) is 24.3 Å². The van der Waals surface area contributed by atoms with E-state index in [0.717, 1.165) is 12.8 Å². The van der Waals surface area contributed by atoms with Crippen LogP contribution in [-0.4, -0.2) is 25.2 Å². The Morgan fingerprint density at radius 1 is 1.22 bits per heavy atom. The zero-order chi connectivity index (χ0) is 16.5. The standard InChI is InChI=1S/C18H26N2O3/c1-2-3-12-23-17(21)15-10-6-7-11-16(15)20-18(22)19-13-14-8-4-5-9-14/h6-7,10-11,14H,2-5,8-9,12-13H2,1H3,(H2,19,20,22).